The third-order valence-electron chi connectivity index (χ3n) is 5.31. The zero-order chi connectivity index (χ0) is 26.8. The van der Waals surface area contributed by atoms with E-state index in [0.717, 1.165) is 29.1 Å². The lowest BCUT2D eigenvalue weighted by Gasteiger charge is -2.32. The van der Waals surface area contributed by atoms with Crippen LogP contribution in [0, 0.1) is 0 Å². The summed E-state index contributed by atoms with van der Waals surface area (Å²) in [6.45, 7) is 3.09. The van der Waals surface area contributed by atoms with Crippen LogP contribution in [-0.4, -0.2) is 74.2 Å². The maximum atomic E-state index is 10.8. The number of nitrogens with zero attached hydrogens (tertiary/aromatic N) is 4. The standard InChI is InChI=1S/C22H24N4O4.C2HF3O2/c27-22(28)9-10-25-11-12-29-21(13-25)18-3-7-20(8-4-18)30-14-17-1-5-19(6-2-17)26-16-23-15-24-26;3-2(4,5)1(6)7/h1-8,15-16,21H,9-14H2,(H,27,28);(H,6,7). The van der Waals surface area contributed by atoms with Gasteiger partial charge in [-0.25, -0.2) is 14.5 Å². The van der Waals surface area contributed by atoms with E-state index in [9.17, 15) is 18.0 Å². The number of benzene rings is 2. The molecule has 1 atom stereocenters. The van der Waals surface area contributed by atoms with E-state index < -0.39 is 18.1 Å². The summed E-state index contributed by atoms with van der Waals surface area (Å²) in [6, 6.07) is 15.9. The lowest BCUT2D eigenvalue weighted by molar-refractivity contribution is -0.192. The summed E-state index contributed by atoms with van der Waals surface area (Å²) >= 11 is 0. The smallest absolute Gasteiger partial charge is 0.489 e. The average molecular weight is 522 g/mol. The number of carbonyl (C=O) groups is 2. The van der Waals surface area contributed by atoms with Crippen molar-refractivity contribution in [2.45, 2.75) is 25.3 Å². The molecule has 1 aromatic heterocycles. The quantitative estimate of drug-likeness (QED) is 0.458. The molecule has 2 N–H and O–H groups in total. The Bertz CT molecular complexity index is 1140. The molecule has 2 aromatic carbocycles. The maximum Gasteiger partial charge on any atom is 0.490 e. The second-order valence-corrected chi connectivity index (χ2v) is 7.97. The highest BCUT2D eigenvalue weighted by Gasteiger charge is 2.38. The Labute approximate surface area is 209 Å². The molecule has 0 radical (unpaired) electrons. The van der Waals surface area contributed by atoms with E-state index in [2.05, 4.69) is 15.0 Å². The predicted octanol–water partition coefficient (Wildman–Crippen LogP) is 3.33. The van der Waals surface area contributed by atoms with Gasteiger partial charge in [0.1, 0.15) is 25.0 Å². The monoisotopic (exact) mass is 522 g/mol. The number of rotatable bonds is 8. The van der Waals surface area contributed by atoms with Gasteiger partial charge in [0, 0.05) is 19.6 Å². The Balaban J connectivity index is 0.000000479. The first-order chi connectivity index (χ1) is 17.6. The second-order valence-electron chi connectivity index (χ2n) is 7.97. The Kier molecular flexibility index (Phi) is 9.57. The summed E-state index contributed by atoms with van der Waals surface area (Å²) in [4.78, 5) is 25.8. The molecule has 10 nitrogen and oxygen atoms in total. The number of aliphatic carboxylic acids is 2. The first-order valence-corrected chi connectivity index (χ1v) is 11.1. The SMILES string of the molecule is O=C(O)C(F)(F)F.O=C(O)CCN1CCOC(c2ccc(OCc3ccc(-n4cncn4)cc3)cc2)C1. The Morgan fingerprint density at radius 2 is 1.76 bits per heavy atom. The molecular weight excluding hydrogens is 497 g/mol. The molecule has 198 valence electrons. The number of carboxylic acids is 2. The number of hydrogen-bond donors (Lipinski definition) is 2. The summed E-state index contributed by atoms with van der Waals surface area (Å²) in [5.74, 6) is -2.74. The highest BCUT2D eigenvalue weighted by molar-refractivity contribution is 5.73. The molecular formula is C24H25F3N4O6. The molecule has 1 fully saturated rings. The van der Waals surface area contributed by atoms with E-state index in [1.54, 1.807) is 11.0 Å². The minimum Gasteiger partial charge on any atom is -0.489 e. The molecule has 0 amide bonds. The number of ether oxygens (including phenoxy) is 2. The fourth-order valence-corrected chi connectivity index (χ4v) is 3.39. The third-order valence-corrected chi connectivity index (χ3v) is 5.31. The van der Waals surface area contributed by atoms with Gasteiger partial charge in [-0.1, -0.05) is 24.3 Å². The first kappa shape index (κ1) is 27.6. The minimum absolute atomic E-state index is 0.0501. The van der Waals surface area contributed by atoms with Crippen LogP contribution in [0.1, 0.15) is 23.7 Å². The Morgan fingerprint density at radius 1 is 1.08 bits per heavy atom. The number of halogens is 3. The first-order valence-electron chi connectivity index (χ1n) is 11.1. The van der Waals surface area contributed by atoms with Gasteiger partial charge in [-0.3, -0.25) is 9.69 Å². The van der Waals surface area contributed by atoms with E-state index in [0.29, 0.717) is 26.3 Å². The van der Waals surface area contributed by atoms with Crippen molar-refractivity contribution in [3.05, 3.63) is 72.3 Å². The second kappa shape index (κ2) is 12.8. The molecule has 1 saturated heterocycles. The van der Waals surface area contributed by atoms with Crippen molar-refractivity contribution in [3.63, 3.8) is 0 Å². The van der Waals surface area contributed by atoms with Crippen LogP contribution in [0.2, 0.25) is 0 Å². The van der Waals surface area contributed by atoms with Gasteiger partial charge < -0.3 is 19.7 Å². The van der Waals surface area contributed by atoms with Gasteiger partial charge in [-0.05, 0) is 35.4 Å². The van der Waals surface area contributed by atoms with Gasteiger partial charge in [0.25, 0.3) is 0 Å². The number of carboxylic acid groups (broad SMARTS) is 2. The summed E-state index contributed by atoms with van der Waals surface area (Å²) in [7, 11) is 0. The summed E-state index contributed by atoms with van der Waals surface area (Å²) in [5, 5.41) is 20.1. The molecule has 0 bridgehead atoms. The van der Waals surface area contributed by atoms with Gasteiger partial charge in [0.15, 0.2) is 0 Å². The molecule has 4 rings (SSSR count). The topological polar surface area (TPSA) is 127 Å². The third kappa shape index (κ3) is 8.88. The number of alkyl halides is 3. The Morgan fingerprint density at radius 3 is 2.32 bits per heavy atom. The fourth-order valence-electron chi connectivity index (χ4n) is 3.39. The van der Waals surface area contributed by atoms with E-state index in [1.165, 1.54) is 6.33 Å². The van der Waals surface area contributed by atoms with Crippen LogP contribution in [-0.2, 0) is 20.9 Å². The minimum atomic E-state index is -5.08. The van der Waals surface area contributed by atoms with Crippen molar-refractivity contribution in [2.24, 2.45) is 0 Å². The maximum absolute atomic E-state index is 10.8. The Hall–Kier alpha value is -3.97. The molecule has 1 unspecified atom stereocenters. The molecule has 1 aliphatic heterocycles. The predicted molar refractivity (Wildman–Crippen MR) is 123 cm³/mol. The molecule has 3 aromatic rings. The van der Waals surface area contributed by atoms with Crippen molar-refractivity contribution in [1.29, 1.82) is 0 Å². The van der Waals surface area contributed by atoms with Crippen LogP contribution in [0.15, 0.2) is 61.2 Å². The average Bonchev–Trinajstić information content (AvgIpc) is 3.42. The van der Waals surface area contributed by atoms with Gasteiger partial charge in [-0.2, -0.15) is 18.3 Å². The van der Waals surface area contributed by atoms with Crippen LogP contribution in [0.3, 0.4) is 0 Å². The molecule has 1 aliphatic rings. The normalized spacial score (nSPS) is 15.9. The van der Waals surface area contributed by atoms with Gasteiger partial charge in [-0.15, -0.1) is 0 Å². The fraction of sp³-hybridized carbons (Fsp3) is 0.333. The molecule has 13 heteroatoms. The van der Waals surface area contributed by atoms with E-state index in [4.69, 9.17) is 24.5 Å². The summed E-state index contributed by atoms with van der Waals surface area (Å²) in [5.41, 5.74) is 3.08. The van der Waals surface area contributed by atoms with Crippen molar-refractivity contribution >= 4 is 11.9 Å². The zero-order valence-electron chi connectivity index (χ0n) is 19.5. The molecule has 37 heavy (non-hydrogen) atoms. The van der Waals surface area contributed by atoms with E-state index in [-0.39, 0.29) is 12.5 Å². The van der Waals surface area contributed by atoms with Gasteiger partial charge in [0.05, 0.1) is 24.8 Å². The van der Waals surface area contributed by atoms with Crippen LogP contribution in [0.4, 0.5) is 13.2 Å². The number of hydrogen-bond acceptors (Lipinski definition) is 7. The summed E-state index contributed by atoms with van der Waals surface area (Å²) < 4.78 is 45.2. The van der Waals surface area contributed by atoms with Crippen LogP contribution < -0.4 is 4.74 Å². The van der Waals surface area contributed by atoms with Crippen molar-refractivity contribution in [2.75, 3.05) is 26.2 Å². The van der Waals surface area contributed by atoms with E-state index >= 15 is 0 Å². The highest BCUT2D eigenvalue weighted by atomic mass is 19.4. The number of aromatic nitrogens is 3. The number of morpholine rings is 1. The van der Waals surface area contributed by atoms with Crippen molar-refractivity contribution in [1.82, 2.24) is 19.7 Å². The van der Waals surface area contributed by atoms with Crippen LogP contribution in [0.5, 0.6) is 5.75 Å². The van der Waals surface area contributed by atoms with E-state index in [1.807, 2.05) is 48.5 Å². The van der Waals surface area contributed by atoms with Crippen molar-refractivity contribution in [3.8, 4) is 11.4 Å². The lowest BCUT2D eigenvalue weighted by atomic mass is 10.1. The largest absolute Gasteiger partial charge is 0.490 e. The zero-order valence-corrected chi connectivity index (χ0v) is 19.5. The molecule has 2 heterocycles. The molecule has 0 spiro atoms. The molecule has 0 aliphatic carbocycles. The highest BCUT2D eigenvalue weighted by Crippen LogP contribution is 2.25. The van der Waals surface area contributed by atoms with Crippen LogP contribution >= 0.6 is 0 Å². The van der Waals surface area contributed by atoms with Gasteiger partial charge in [0.2, 0.25) is 0 Å². The van der Waals surface area contributed by atoms with Gasteiger partial charge >= 0.3 is 18.1 Å². The van der Waals surface area contributed by atoms with Crippen molar-refractivity contribution < 1.29 is 42.4 Å². The lowest BCUT2D eigenvalue weighted by Crippen LogP contribution is -2.39. The molecule has 0 saturated carbocycles. The van der Waals surface area contributed by atoms with Crippen LogP contribution in [0.25, 0.3) is 5.69 Å². The summed E-state index contributed by atoms with van der Waals surface area (Å²) in [6.07, 6.45) is -1.81.